The van der Waals surface area contributed by atoms with Crippen molar-refractivity contribution in [3.8, 4) is 17.6 Å². The van der Waals surface area contributed by atoms with Crippen LogP contribution in [0.25, 0.3) is 10.2 Å². The summed E-state index contributed by atoms with van der Waals surface area (Å²) in [7, 11) is 1.67. The molecule has 1 heterocycles. The Hall–Kier alpha value is -2.58. The minimum atomic E-state index is -0.335. The zero-order valence-electron chi connectivity index (χ0n) is 11.1. The summed E-state index contributed by atoms with van der Waals surface area (Å²) in [6.45, 7) is 0. The van der Waals surface area contributed by atoms with Gasteiger partial charge in [0.2, 0.25) is 0 Å². The average molecular weight is 298 g/mol. The lowest BCUT2D eigenvalue weighted by Crippen LogP contribution is -1.92. The zero-order valence-corrected chi connectivity index (χ0v) is 12.0. The number of anilines is 1. The van der Waals surface area contributed by atoms with Crippen LogP contribution in [0.1, 0.15) is 10.6 Å². The fourth-order valence-corrected chi connectivity index (χ4v) is 2.74. The summed E-state index contributed by atoms with van der Waals surface area (Å²) in [4.78, 5) is 4.35. The van der Waals surface area contributed by atoms with E-state index in [-0.39, 0.29) is 11.6 Å². The van der Waals surface area contributed by atoms with Crippen molar-refractivity contribution in [3.05, 3.63) is 52.8 Å². The van der Waals surface area contributed by atoms with Crippen LogP contribution in [-0.2, 0) is 0 Å². The van der Waals surface area contributed by atoms with Crippen LogP contribution in [0.4, 0.5) is 10.1 Å². The van der Waals surface area contributed by atoms with Crippen LogP contribution in [0.2, 0.25) is 0 Å². The lowest BCUT2D eigenvalue weighted by atomic mass is 10.2. The Bertz CT molecular complexity index is 877. The fourth-order valence-electron chi connectivity index (χ4n) is 1.89. The molecule has 3 aromatic rings. The van der Waals surface area contributed by atoms with Gasteiger partial charge in [-0.1, -0.05) is 5.92 Å². The van der Waals surface area contributed by atoms with Crippen molar-refractivity contribution < 1.29 is 9.50 Å². The van der Waals surface area contributed by atoms with Gasteiger partial charge in [-0.3, -0.25) is 0 Å². The highest BCUT2D eigenvalue weighted by Crippen LogP contribution is 2.25. The van der Waals surface area contributed by atoms with Gasteiger partial charge in [-0.2, -0.15) is 0 Å². The van der Waals surface area contributed by atoms with E-state index in [9.17, 15) is 9.50 Å². The second-order valence-electron chi connectivity index (χ2n) is 4.37. The summed E-state index contributed by atoms with van der Waals surface area (Å²) in [5, 5.41) is 12.8. The molecule has 0 radical (unpaired) electrons. The molecule has 0 aliphatic heterocycles. The first kappa shape index (κ1) is 13.4. The molecule has 0 unspecified atom stereocenters. The van der Waals surface area contributed by atoms with E-state index in [0.717, 1.165) is 10.2 Å². The van der Waals surface area contributed by atoms with Gasteiger partial charge in [-0.25, -0.2) is 9.37 Å². The molecule has 0 saturated heterocycles. The Morgan fingerprint density at radius 3 is 2.81 bits per heavy atom. The van der Waals surface area contributed by atoms with Crippen LogP contribution < -0.4 is 5.32 Å². The van der Waals surface area contributed by atoms with E-state index in [4.69, 9.17) is 0 Å². The third-order valence-corrected chi connectivity index (χ3v) is 3.86. The van der Waals surface area contributed by atoms with Gasteiger partial charge >= 0.3 is 0 Å². The summed E-state index contributed by atoms with van der Waals surface area (Å²) in [6, 6.07) is 9.77. The van der Waals surface area contributed by atoms with Crippen LogP contribution >= 0.6 is 11.3 Å². The summed E-state index contributed by atoms with van der Waals surface area (Å²) >= 11 is 1.39. The molecule has 1 aromatic heterocycles. The van der Waals surface area contributed by atoms with Gasteiger partial charge in [0.1, 0.15) is 11.6 Å². The molecule has 0 bridgehead atoms. The van der Waals surface area contributed by atoms with Crippen molar-refractivity contribution in [2.45, 2.75) is 0 Å². The van der Waals surface area contributed by atoms with Crippen molar-refractivity contribution in [2.24, 2.45) is 0 Å². The molecule has 5 heteroatoms. The number of aromatic nitrogens is 1. The van der Waals surface area contributed by atoms with Crippen molar-refractivity contribution in [1.82, 2.24) is 4.98 Å². The second-order valence-corrected chi connectivity index (χ2v) is 5.40. The summed E-state index contributed by atoms with van der Waals surface area (Å²) < 4.78 is 14.5. The van der Waals surface area contributed by atoms with Crippen molar-refractivity contribution >= 4 is 27.2 Å². The Kier molecular flexibility index (Phi) is 3.46. The standard InChI is InChI=1S/C16H11FN2OS/c1-18-13-5-2-10(8-12(13)17)3-7-16-19-14-6-4-11(20)9-15(14)21-16/h2,4-6,8-9,18,20H,1H3. The first-order valence-electron chi connectivity index (χ1n) is 6.24. The molecule has 104 valence electrons. The summed E-state index contributed by atoms with van der Waals surface area (Å²) in [5.74, 6) is 5.69. The number of benzene rings is 2. The molecule has 0 fully saturated rings. The molecule has 2 N–H and O–H groups in total. The number of halogens is 1. The van der Waals surface area contributed by atoms with Gasteiger partial charge < -0.3 is 10.4 Å². The van der Waals surface area contributed by atoms with E-state index in [1.165, 1.54) is 17.4 Å². The molecule has 0 spiro atoms. The quantitative estimate of drug-likeness (QED) is 0.675. The fraction of sp³-hybridized carbons (Fsp3) is 0.0625. The van der Waals surface area contributed by atoms with Gasteiger partial charge in [0.05, 0.1) is 15.9 Å². The van der Waals surface area contributed by atoms with Crippen molar-refractivity contribution in [2.75, 3.05) is 12.4 Å². The number of thiazole rings is 1. The lowest BCUT2D eigenvalue weighted by molar-refractivity contribution is 0.476. The van der Waals surface area contributed by atoms with Crippen molar-refractivity contribution in [3.63, 3.8) is 0 Å². The molecule has 21 heavy (non-hydrogen) atoms. The largest absolute Gasteiger partial charge is 0.508 e. The number of fused-ring (bicyclic) bond motifs is 1. The Morgan fingerprint density at radius 1 is 1.19 bits per heavy atom. The highest BCUT2D eigenvalue weighted by Gasteiger charge is 2.03. The average Bonchev–Trinajstić information content (AvgIpc) is 2.87. The lowest BCUT2D eigenvalue weighted by Gasteiger charge is -2.00. The number of phenolic OH excluding ortho intramolecular Hbond substituents is 1. The number of aromatic hydroxyl groups is 1. The van der Waals surface area contributed by atoms with E-state index >= 15 is 0 Å². The Morgan fingerprint density at radius 2 is 2.05 bits per heavy atom. The van der Waals surface area contributed by atoms with E-state index in [2.05, 4.69) is 22.1 Å². The Balaban J connectivity index is 1.93. The maximum absolute atomic E-state index is 13.6. The van der Waals surface area contributed by atoms with Gasteiger partial charge in [0.15, 0.2) is 5.01 Å². The molecule has 0 atom stereocenters. The van der Waals surface area contributed by atoms with Crippen LogP contribution in [-0.4, -0.2) is 17.1 Å². The molecule has 3 rings (SSSR count). The minimum Gasteiger partial charge on any atom is -0.508 e. The number of nitrogens with zero attached hydrogens (tertiary/aromatic N) is 1. The molecule has 3 nitrogen and oxygen atoms in total. The van der Waals surface area contributed by atoms with E-state index < -0.39 is 0 Å². The highest BCUT2D eigenvalue weighted by atomic mass is 32.1. The smallest absolute Gasteiger partial charge is 0.168 e. The SMILES string of the molecule is CNc1ccc(C#Cc2nc3ccc(O)cc3s2)cc1F. The van der Waals surface area contributed by atoms with Crippen molar-refractivity contribution in [1.29, 1.82) is 0 Å². The number of rotatable bonds is 1. The van der Waals surface area contributed by atoms with E-state index in [1.54, 1.807) is 37.4 Å². The molecular weight excluding hydrogens is 287 g/mol. The molecule has 0 amide bonds. The summed E-state index contributed by atoms with van der Waals surface area (Å²) in [6.07, 6.45) is 0. The van der Waals surface area contributed by atoms with Crippen LogP contribution in [0.5, 0.6) is 5.75 Å². The molecular formula is C16H11FN2OS. The van der Waals surface area contributed by atoms with E-state index in [0.29, 0.717) is 16.3 Å². The monoisotopic (exact) mass is 298 g/mol. The first-order chi connectivity index (χ1) is 10.2. The number of phenols is 1. The second kappa shape index (κ2) is 5.43. The molecule has 0 aliphatic carbocycles. The van der Waals surface area contributed by atoms with Crippen LogP contribution in [0, 0.1) is 17.7 Å². The topological polar surface area (TPSA) is 45.2 Å². The normalized spacial score (nSPS) is 10.2. The summed E-state index contributed by atoms with van der Waals surface area (Å²) in [5.41, 5.74) is 1.82. The third kappa shape index (κ3) is 2.81. The first-order valence-corrected chi connectivity index (χ1v) is 7.06. The van der Waals surface area contributed by atoms with Gasteiger partial charge in [0, 0.05) is 12.6 Å². The zero-order chi connectivity index (χ0) is 14.8. The van der Waals surface area contributed by atoms with Gasteiger partial charge in [-0.15, -0.1) is 11.3 Å². The van der Waals surface area contributed by atoms with E-state index in [1.807, 2.05) is 0 Å². The Labute approximate surface area is 125 Å². The van der Waals surface area contributed by atoms with Gasteiger partial charge in [-0.05, 0) is 42.3 Å². The number of nitrogens with one attached hydrogen (secondary N) is 1. The number of hydrogen-bond donors (Lipinski definition) is 2. The maximum atomic E-state index is 13.6. The minimum absolute atomic E-state index is 0.204. The predicted octanol–water partition coefficient (Wildman–Crippen LogP) is 3.58. The molecule has 0 aliphatic rings. The predicted molar refractivity (Wildman–Crippen MR) is 83.2 cm³/mol. The number of hydrogen-bond acceptors (Lipinski definition) is 4. The highest BCUT2D eigenvalue weighted by molar-refractivity contribution is 7.19. The molecule has 2 aromatic carbocycles. The van der Waals surface area contributed by atoms with Crippen LogP contribution in [0.15, 0.2) is 36.4 Å². The maximum Gasteiger partial charge on any atom is 0.168 e. The molecule has 0 saturated carbocycles. The third-order valence-electron chi connectivity index (χ3n) is 2.92. The van der Waals surface area contributed by atoms with Crippen LogP contribution in [0.3, 0.4) is 0 Å². The van der Waals surface area contributed by atoms with Gasteiger partial charge in [0.25, 0.3) is 0 Å².